The van der Waals surface area contributed by atoms with E-state index < -0.39 is 0 Å². The normalized spacial score (nSPS) is 20.0. The van der Waals surface area contributed by atoms with Crippen LogP contribution in [-0.2, 0) is 13.0 Å². The summed E-state index contributed by atoms with van der Waals surface area (Å²) in [6.07, 6.45) is 11.6. The van der Waals surface area contributed by atoms with Gasteiger partial charge in [0.15, 0.2) is 5.65 Å². The quantitative estimate of drug-likeness (QED) is 0.765. The van der Waals surface area contributed by atoms with E-state index in [2.05, 4.69) is 20.4 Å². The molecular formula is C19H23N7O. The summed E-state index contributed by atoms with van der Waals surface area (Å²) >= 11 is 0. The van der Waals surface area contributed by atoms with Gasteiger partial charge in [-0.15, -0.1) is 0 Å². The third-order valence-corrected chi connectivity index (χ3v) is 5.68. The van der Waals surface area contributed by atoms with Gasteiger partial charge in [-0.2, -0.15) is 10.1 Å². The molecule has 5 rings (SSSR count). The molecule has 1 atom stereocenters. The van der Waals surface area contributed by atoms with Gasteiger partial charge >= 0.3 is 0 Å². The van der Waals surface area contributed by atoms with Crippen molar-refractivity contribution in [3.8, 4) is 0 Å². The molecule has 8 heteroatoms. The molecule has 1 aliphatic heterocycles. The smallest absolute Gasteiger partial charge is 0.266 e. The number of nitrogens with one attached hydrogen (secondary N) is 1. The van der Waals surface area contributed by atoms with Gasteiger partial charge in [0.25, 0.3) is 5.56 Å². The fourth-order valence-corrected chi connectivity index (χ4v) is 4.19. The number of rotatable bonds is 3. The van der Waals surface area contributed by atoms with Crippen LogP contribution in [0.5, 0.6) is 0 Å². The number of fused-ring (bicyclic) bond motifs is 2. The van der Waals surface area contributed by atoms with Gasteiger partial charge in [-0.1, -0.05) is 12.8 Å². The van der Waals surface area contributed by atoms with Gasteiger partial charge in [-0.3, -0.25) is 9.36 Å². The molecule has 0 saturated heterocycles. The maximum absolute atomic E-state index is 12.9. The van der Waals surface area contributed by atoms with Crippen molar-refractivity contribution < 1.29 is 0 Å². The Hall–Kier alpha value is -2.77. The monoisotopic (exact) mass is 365 g/mol. The Morgan fingerprint density at radius 3 is 2.70 bits per heavy atom. The van der Waals surface area contributed by atoms with Crippen molar-refractivity contribution in [1.29, 1.82) is 0 Å². The maximum atomic E-state index is 12.9. The average molecular weight is 365 g/mol. The summed E-state index contributed by atoms with van der Waals surface area (Å²) in [5.41, 5.74) is 1.76. The zero-order valence-corrected chi connectivity index (χ0v) is 15.4. The molecule has 27 heavy (non-hydrogen) atoms. The highest BCUT2D eigenvalue weighted by Crippen LogP contribution is 2.31. The van der Waals surface area contributed by atoms with Gasteiger partial charge in [0.1, 0.15) is 11.2 Å². The van der Waals surface area contributed by atoms with Gasteiger partial charge in [0, 0.05) is 31.4 Å². The van der Waals surface area contributed by atoms with Crippen molar-refractivity contribution in [2.24, 2.45) is 0 Å². The summed E-state index contributed by atoms with van der Waals surface area (Å²) in [5.74, 6) is 1.45. The topological polar surface area (TPSA) is 90.5 Å². The zero-order valence-electron chi connectivity index (χ0n) is 15.4. The minimum atomic E-state index is -0.00298. The molecule has 1 aliphatic carbocycles. The average Bonchev–Trinajstić information content (AvgIpc) is 3.33. The van der Waals surface area contributed by atoms with Gasteiger partial charge in [0.05, 0.1) is 12.2 Å². The van der Waals surface area contributed by atoms with Crippen LogP contribution in [0.1, 0.15) is 49.5 Å². The maximum Gasteiger partial charge on any atom is 0.266 e. The molecule has 4 heterocycles. The molecule has 1 unspecified atom stereocenters. The van der Waals surface area contributed by atoms with E-state index in [4.69, 9.17) is 4.98 Å². The fraction of sp³-hybridized carbons (Fsp3) is 0.526. The van der Waals surface area contributed by atoms with Crippen LogP contribution in [-0.4, -0.2) is 35.3 Å². The Labute approximate surface area is 156 Å². The summed E-state index contributed by atoms with van der Waals surface area (Å²) in [5, 5.41) is 8.55. The van der Waals surface area contributed by atoms with E-state index in [0.29, 0.717) is 29.6 Å². The predicted molar refractivity (Wildman–Crippen MR) is 102 cm³/mol. The Bertz CT molecular complexity index is 1030. The van der Waals surface area contributed by atoms with Crippen LogP contribution in [0.4, 0.5) is 5.95 Å². The third-order valence-electron chi connectivity index (χ3n) is 5.68. The van der Waals surface area contributed by atoms with Crippen molar-refractivity contribution in [3.05, 3.63) is 40.3 Å². The van der Waals surface area contributed by atoms with Gasteiger partial charge in [0.2, 0.25) is 5.95 Å². The van der Waals surface area contributed by atoms with Gasteiger partial charge < -0.3 is 5.32 Å². The lowest BCUT2D eigenvalue weighted by molar-refractivity contribution is 0.475. The molecule has 3 aromatic heterocycles. The first kappa shape index (κ1) is 16.4. The molecule has 0 bridgehead atoms. The van der Waals surface area contributed by atoms with Crippen LogP contribution in [0.25, 0.3) is 11.0 Å². The van der Waals surface area contributed by atoms with Crippen LogP contribution in [0.3, 0.4) is 0 Å². The molecule has 0 spiro atoms. The lowest BCUT2D eigenvalue weighted by Crippen LogP contribution is -2.37. The highest BCUT2D eigenvalue weighted by Gasteiger charge is 2.26. The largest absolute Gasteiger partial charge is 0.352 e. The lowest BCUT2D eigenvalue weighted by atomic mass is 10.1. The standard InChI is InChI=1S/C19H23N7O/c1-12-9-20-16(21-10-12)8-13-6-7-25-18(27)15-11-22-26(14-4-2-3-5-14)17(15)24-19(25)23-13/h9-11,13-14H,2-8H2,1H3,(H,23,24). The van der Waals surface area contributed by atoms with Crippen LogP contribution < -0.4 is 10.9 Å². The summed E-state index contributed by atoms with van der Waals surface area (Å²) in [6.45, 7) is 2.63. The van der Waals surface area contributed by atoms with Gasteiger partial charge in [-0.25, -0.2) is 14.6 Å². The molecule has 0 radical (unpaired) electrons. The first-order valence-electron chi connectivity index (χ1n) is 9.71. The molecule has 3 aromatic rings. The van der Waals surface area contributed by atoms with E-state index in [0.717, 1.165) is 37.1 Å². The second-order valence-electron chi connectivity index (χ2n) is 7.67. The van der Waals surface area contributed by atoms with Crippen LogP contribution in [0.2, 0.25) is 0 Å². The minimum Gasteiger partial charge on any atom is -0.352 e. The van der Waals surface area contributed by atoms with E-state index in [9.17, 15) is 4.79 Å². The predicted octanol–water partition coefficient (Wildman–Crippen LogP) is 2.23. The third kappa shape index (κ3) is 2.89. The SMILES string of the molecule is Cc1cnc(CC2CCn3c(nc4c(cnn4C4CCCC4)c3=O)N2)nc1. The minimum absolute atomic E-state index is 0.00298. The lowest BCUT2D eigenvalue weighted by Gasteiger charge is -2.27. The van der Waals surface area contributed by atoms with E-state index >= 15 is 0 Å². The summed E-state index contributed by atoms with van der Waals surface area (Å²) < 4.78 is 3.69. The van der Waals surface area contributed by atoms with Crippen molar-refractivity contribution in [2.75, 3.05) is 5.32 Å². The first-order chi connectivity index (χ1) is 13.2. The molecule has 2 aliphatic rings. The molecule has 1 fully saturated rings. The molecule has 0 amide bonds. The number of aromatic nitrogens is 6. The summed E-state index contributed by atoms with van der Waals surface area (Å²) in [4.78, 5) is 26.5. The molecule has 1 saturated carbocycles. The number of anilines is 1. The Morgan fingerprint density at radius 1 is 1.15 bits per heavy atom. The van der Waals surface area contributed by atoms with Crippen molar-refractivity contribution in [1.82, 2.24) is 29.3 Å². The Kier molecular flexibility index (Phi) is 3.91. The van der Waals surface area contributed by atoms with Gasteiger partial charge in [-0.05, 0) is 31.7 Å². The van der Waals surface area contributed by atoms with Crippen LogP contribution in [0.15, 0.2) is 23.4 Å². The molecule has 8 nitrogen and oxygen atoms in total. The second-order valence-corrected chi connectivity index (χ2v) is 7.67. The number of hydrogen-bond donors (Lipinski definition) is 1. The zero-order chi connectivity index (χ0) is 18.4. The first-order valence-corrected chi connectivity index (χ1v) is 9.71. The van der Waals surface area contributed by atoms with Crippen molar-refractivity contribution >= 4 is 17.0 Å². The van der Waals surface area contributed by atoms with Crippen LogP contribution >= 0.6 is 0 Å². The highest BCUT2D eigenvalue weighted by molar-refractivity contribution is 5.75. The number of nitrogens with zero attached hydrogens (tertiary/aromatic N) is 6. The summed E-state index contributed by atoms with van der Waals surface area (Å²) in [7, 11) is 0. The summed E-state index contributed by atoms with van der Waals surface area (Å²) in [6, 6.07) is 0.526. The molecule has 0 aromatic carbocycles. The molecule has 140 valence electrons. The molecular weight excluding hydrogens is 342 g/mol. The second kappa shape index (κ2) is 6.44. The Morgan fingerprint density at radius 2 is 1.93 bits per heavy atom. The van der Waals surface area contributed by atoms with E-state index in [1.54, 1.807) is 10.8 Å². The molecule has 1 N–H and O–H groups in total. The van der Waals surface area contributed by atoms with E-state index in [-0.39, 0.29) is 11.6 Å². The number of aryl methyl sites for hydroxylation is 1. The van der Waals surface area contributed by atoms with Crippen molar-refractivity contribution in [3.63, 3.8) is 0 Å². The van der Waals surface area contributed by atoms with E-state index in [1.807, 2.05) is 24.0 Å². The highest BCUT2D eigenvalue weighted by atomic mass is 16.1. The van der Waals surface area contributed by atoms with Crippen LogP contribution in [0, 0.1) is 6.92 Å². The van der Waals surface area contributed by atoms with Crippen molar-refractivity contribution in [2.45, 2.75) is 64.1 Å². The Balaban J connectivity index is 1.47. The number of hydrogen-bond acceptors (Lipinski definition) is 6. The van der Waals surface area contributed by atoms with E-state index in [1.165, 1.54) is 12.8 Å². The fourth-order valence-electron chi connectivity index (χ4n) is 4.19.